The minimum Gasteiger partial charge on any atom is -0.0654 e. The molecule has 1 aliphatic carbocycles. The molecular weight excluding hydrogens is 572 g/mol. The van der Waals surface area contributed by atoms with Crippen molar-refractivity contribution in [3.63, 3.8) is 0 Å². The molecule has 0 nitrogen and oxygen atoms in total. The lowest BCUT2D eigenvalue weighted by Crippen LogP contribution is -2.28. The van der Waals surface area contributed by atoms with Crippen LogP contribution in [0.3, 0.4) is 0 Å². The molecule has 0 atom stereocenters. The Hall–Kier alpha value is -2.64. The summed E-state index contributed by atoms with van der Waals surface area (Å²) in [6, 6.07) is 34.4. The number of unbranched alkanes of at least 4 members (excludes halogenated alkanes) is 6. The van der Waals surface area contributed by atoms with Gasteiger partial charge in [0.1, 0.15) is 0 Å². The number of hydrogen-bond acceptors (Lipinski definition) is 0. The largest absolute Gasteiger partial charge is 0.0714 e. The highest BCUT2D eigenvalue weighted by atomic mass is 79.9. The molecule has 0 amide bonds. The Morgan fingerprint density at radius 1 is 0.619 bits per heavy atom. The molecule has 1 aliphatic rings. The van der Waals surface area contributed by atoms with Gasteiger partial charge < -0.3 is 0 Å². The normalized spacial score (nSPS) is 13.4. The lowest BCUT2D eigenvalue weighted by atomic mass is 9.67. The summed E-state index contributed by atoms with van der Waals surface area (Å²) in [6.07, 6.45) is 16.2. The molecule has 220 valence electrons. The maximum absolute atomic E-state index is 3.86. The summed E-state index contributed by atoms with van der Waals surface area (Å²) < 4.78 is 1.14. The molecular formula is C41H49Br. The molecule has 4 aromatic rings. The van der Waals surface area contributed by atoms with E-state index in [1.165, 1.54) is 115 Å². The number of halogens is 1. The molecule has 5 rings (SSSR count). The minimum absolute atomic E-state index is 0.336. The summed E-state index contributed by atoms with van der Waals surface area (Å²) in [5, 5.41) is 0. The van der Waals surface area contributed by atoms with Crippen molar-refractivity contribution in [2.75, 3.05) is 0 Å². The van der Waals surface area contributed by atoms with Gasteiger partial charge >= 0.3 is 0 Å². The predicted molar refractivity (Wildman–Crippen MR) is 186 cm³/mol. The third-order valence-corrected chi connectivity index (χ3v) is 10.1. The van der Waals surface area contributed by atoms with Gasteiger partial charge in [-0.15, -0.1) is 0 Å². The first-order valence-corrected chi connectivity index (χ1v) is 17.4. The molecule has 0 aliphatic heterocycles. The Morgan fingerprint density at radius 2 is 1.21 bits per heavy atom. The zero-order valence-corrected chi connectivity index (χ0v) is 27.7. The van der Waals surface area contributed by atoms with Crippen LogP contribution in [0.2, 0.25) is 0 Å². The lowest BCUT2D eigenvalue weighted by molar-refractivity contribution is 0.383. The lowest BCUT2D eigenvalue weighted by Gasteiger charge is -2.34. The maximum atomic E-state index is 3.86. The Kier molecular flexibility index (Phi) is 10.8. The Balaban J connectivity index is 1.59. The van der Waals surface area contributed by atoms with Crippen LogP contribution >= 0.6 is 15.9 Å². The molecule has 0 heterocycles. The minimum atomic E-state index is -0.336. The monoisotopic (exact) mass is 620 g/mol. The summed E-state index contributed by atoms with van der Waals surface area (Å²) in [7, 11) is 0. The summed E-state index contributed by atoms with van der Waals surface area (Å²) in [6.45, 7) is 6.94. The van der Waals surface area contributed by atoms with E-state index in [1.807, 2.05) is 0 Å². The molecule has 0 fully saturated rings. The van der Waals surface area contributed by atoms with Gasteiger partial charge in [0.25, 0.3) is 0 Å². The smallest absolute Gasteiger partial charge is 0.0654 e. The second-order valence-corrected chi connectivity index (χ2v) is 13.5. The fraction of sp³-hybridized carbons (Fsp3) is 0.415. The molecule has 0 radical (unpaired) electrons. The van der Waals surface area contributed by atoms with Crippen molar-refractivity contribution in [2.45, 2.75) is 103 Å². The van der Waals surface area contributed by atoms with Gasteiger partial charge in [0, 0.05) is 4.47 Å². The van der Waals surface area contributed by atoms with Gasteiger partial charge in [-0.2, -0.15) is 0 Å². The summed E-state index contributed by atoms with van der Waals surface area (Å²) >= 11 is 3.86. The molecule has 0 unspecified atom stereocenters. The van der Waals surface area contributed by atoms with E-state index in [0.717, 1.165) is 16.8 Å². The van der Waals surface area contributed by atoms with Gasteiger partial charge in [0.05, 0.1) is 5.41 Å². The predicted octanol–water partition coefficient (Wildman–Crippen LogP) is 12.6. The number of fused-ring (bicyclic) bond motifs is 3. The van der Waals surface area contributed by atoms with Gasteiger partial charge in [-0.25, -0.2) is 0 Å². The number of hydrogen-bond donors (Lipinski definition) is 0. The van der Waals surface area contributed by atoms with Crippen LogP contribution in [0.25, 0.3) is 11.1 Å². The van der Waals surface area contributed by atoms with E-state index in [0.29, 0.717) is 0 Å². The average molecular weight is 622 g/mol. The topological polar surface area (TPSA) is 0 Å². The van der Waals surface area contributed by atoms with Crippen LogP contribution in [0, 0.1) is 12.8 Å². The second kappa shape index (κ2) is 14.7. The molecule has 0 spiro atoms. The fourth-order valence-electron chi connectivity index (χ4n) is 7.54. The summed E-state index contributed by atoms with van der Waals surface area (Å²) in [5.74, 6) is 0.827. The van der Waals surface area contributed by atoms with Crippen LogP contribution in [0.4, 0.5) is 0 Å². The van der Waals surface area contributed by atoms with Crippen molar-refractivity contribution in [1.82, 2.24) is 0 Å². The number of aryl methyl sites for hydroxylation is 2. The van der Waals surface area contributed by atoms with Crippen molar-refractivity contribution < 1.29 is 0 Å². The average Bonchev–Trinajstić information content (AvgIpc) is 3.30. The first-order chi connectivity index (χ1) is 20.6. The van der Waals surface area contributed by atoms with Crippen LogP contribution in [-0.2, 0) is 11.8 Å². The number of rotatable bonds is 15. The second-order valence-electron chi connectivity index (χ2n) is 12.6. The van der Waals surface area contributed by atoms with E-state index in [9.17, 15) is 0 Å². The zero-order valence-electron chi connectivity index (χ0n) is 26.1. The van der Waals surface area contributed by atoms with E-state index in [1.54, 1.807) is 0 Å². The summed E-state index contributed by atoms with van der Waals surface area (Å²) in [4.78, 5) is 0. The van der Waals surface area contributed by atoms with E-state index < -0.39 is 0 Å². The molecule has 0 bridgehead atoms. The van der Waals surface area contributed by atoms with Crippen LogP contribution < -0.4 is 0 Å². The summed E-state index contributed by atoms with van der Waals surface area (Å²) in [5.41, 5.74) is 11.0. The van der Waals surface area contributed by atoms with Crippen LogP contribution in [0.15, 0.2) is 95.5 Å². The molecule has 0 saturated carbocycles. The maximum Gasteiger partial charge on any atom is 0.0714 e. The zero-order chi connectivity index (χ0) is 29.4. The van der Waals surface area contributed by atoms with Crippen molar-refractivity contribution in [2.24, 2.45) is 5.92 Å². The highest BCUT2D eigenvalue weighted by Gasteiger charge is 2.47. The molecule has 0 N–H and O–H groups in total. The van der Waals surface area contributed by atoms with Gasteiger partial charge in [-0.1, -0.05) is 178 Å². The van der Waals surface area contributed by atoms with Gasteiger partial charge in [-0.05, 0) is 76.8 Å². The highest BCUT2D eigenvalue weighted by Crippen LogP contribution is 2.57. The molecule has 4 aromatic carbocycles. The fourth-order valence-corrected chi connectivity index (χ4v) is 7.90. The first kappa shape index (κ1) is 30.8. The van der Waals surface area contributed by atoms with Crippen molar-refractivity contribution in [3.05, 3.63) is 129 Å². The third-order valence-electron chi connectivity index (χ3n) is 9.59. The molecule has 1 heteroatoms. The van der Waals surface area contributed by atoms with Crippen molar-refractivity contribution >= 4 is 15.9 Å². The standard InChI is InChI=1S/C41H49Br/c1-4-6-8-12-18-32(19-13-9-7-5-2)24-25-33-28-31(3)29-39-40(33)37-27-26-36(42)30-38(37)41(39,34-20-14-10-15-21-34)35-22-16-11-17-23-35/h10-11,14-17,20-23,26-30,32H,4-9,12-13,18-19,24-25H2,1-3H3. The third kappa shape index (κ3) is 6.47. The van der Waals surface area contributed by atoms with Gasteiger partial charge in [-0.3, -0.25) is 0 Å². The van der Waals surface area contributed by atoms with E-state index >= 15 is 0 Å². The highest BCUT2D eigenvalue weighted by molar-refractivity contribution is 9.10. The van der Waals surface area contributed by atoms with Crippen LogP contribution in [0.1, 0.15) is 118 Å². The van der Waals surface area contributed by atoms with Crippen LogP contribution in [-0.4, -0.2) is 0 Å². The Bertz CT molecular complexity index is 1370. The Morgan fingerprint density at radius 3 is 1.79 bits per heavy atom. The quantitative estimate of drug-likeness (QED) is 0.102. The van der Waals surface area contributed by atoms with Gasteiger partial charge in [0.15, 0.2) is 0 Å². The van der Waals surface area contributed by atoms with E-state index in [-0.39, 0.29) is 5.41 Å². The van der Waals surface area contributed by atoms with E-state index in [2.05, 4.69) is 128 Å². The number of benzene rings is 4. The Labute approximate surface area is 264 Å². The van der Waals surface area contributed by atoms with Crippen LogP contribution in [0.5, 0.6) is 0 Å². The first-order valence-electron chi connectivity index (χ1n) is 16.6. The molecule has 0 saturated heterocycles. The molecule has 0 aromatic heterocycles. The van der Waals surface area contributed by atoms with Gasteiger partial charge in [0.2, 0.25) is 0 Å². The van der Waals surface area contributed by atoms with E-state index in [4.69, 9.17) is 0 Å². The van der Waals surface area contributed by atoms with Crippen molar-refractivity contribution in [1.29, 1.82) is 0 Å². The SMILES string of the molecule is CCCCCCC(CCCCCC)CCc1cc(C)cc2c1-c1ccc(Br)cc1C2(c1ccccc1)c1ccccc1. The van der Waals surface area contributed by atoms with Crippen molar-refractivity contribution in [3.8, 4) is 11.1 Å². The molecule has 42 heavy (non-hydrogen) atoms.